The van der Waals surface area contributed by atoms with Gasteiger partial charge in [0.2, 0.25) is 5.91 Å². The van der Waals surface area contributed by atoms with Gasteiger partial charge in [-0.15, -0.1) is 0 Å². The highest BCUT2D eigenvalue weighted by atomic mass is 16.2. The highest BCUT2D eigenvalue weighted by Gasteiger charge is 2.31. The quantitative estimate of drug-likeness (QED) is 0.719. The summed E-state index contributed by atoms with van der Waals surface area (Å²) in [4.78, 5) is 38.6. The predicted octanol–water partition coefficient (Wildman–Crippen LogP) is 2.40. The third-order valence-electron chi connectivity index (χ3n) is 5.25. The van der Waals surface area contributed by atoms with Crippen LogP contribution in [0.25, 0.3) is 11.3 Å². The van der Waals surface area contributed by atoms with Crippen molar-refractivity contribution in [1.29, 1.82) is 0 Å². The van der Waals surface area contributed by atoms with Crippen LogP contribution in [0.1, 0.15) is 42.5 Å². The maximum atomic E-state index is 12.9. The lowest BCUT2D eigenvalue weighted by Gasteiger charge is -2.24. The van der Waals surface area contributed by atoms with Gasteiger partial charge in [-0.3, -0.25) is 19.3 Å². The molecule has 0 bridgehead atoms. The first-order chi connectivity index (χ1) is 14.0. The third kappa shape index (κ3) is 4.11. The molecule has 1 fully saturated rings. The number of rotatable bonds is 5. The van der Waals surface area contributed by atoms with Crippen molar-refractivity contribution in [1.82, 2.24) is 29.6 Å². The molecule has 150 valence electrons. The smallest absolute Gasteiger partial charge is 0.251 e. The molecule has 1 aliphatic heterocycles. The van der Waals surface area contributed by atoms with Crippen LogP contribution < -0.4 is 5.56 Å². The molecule has 8 nitrogen and oxygen atoms in total. The molecule has 29 heavy (non-hydrogen) atoms. The summed E-state index contributed by atoms with van der Waals surface area (Å²) in [6, 6.07) is 6.92. The van der Waals surface area contributed by atoms with E-state index in [1.165, 1.54) is 6.07 Å². The number of aryl methyl sites for hydroxylation is 3. The molecule has 3 aromatic rings. The van der Waals surface area contributed by atoms with Crippen molar-refractivity contribution in [2.24, 2.45) is 0 Å². The molecule has 1 saturated heterocycles. The third-order valence-corrected chi connectivity index (χ3v) is 5.25. The summed E-state index contributed by atoms with van der Waals surface area (Å²) in [5, 5.41) is 4.42. The Morgan fingerprint density at radius 2 is 2.17 bits per heavy atom. The Morgan fingerprint density at radius 3 is 2.90 bits per heavy atom. The summed E-state index contributed by atoms with van der Waals surface area (Å²) in [7, 11) is 0. The number of H-pyrrole nitrogens is 1. The zero-order valence-corrected chi connectivity index (χ0v) is 16.6. The van der Waals surface area contributed by atoms with Crippen LogP contribution in [0.15, 0.2) is 41.5 Å². The van der Waals surface area contributed by atoms with Crippen molar-refractivity contribution in [2.45, 2.75) is 45.7 Å². The van der Waals surface area contributed by atoms with Crippen LogP contribution in [0, 0.1) is 13.8 Å². The van der Waals surface area contributed by atoms with Gasteiger partial charge >= 0.3 is 0 Å². The summed E-state index contributed by atoms with van der Waals surface area (Å²) in [6.45, 7) is 5.14. The van der Waals surface area contributed by atoms with Gasteiger partial charge in [0.25, 0.3) is 5.56 Å². The molecule has 8 heteroatoms. The normalized spacial score (nSPS) is 16.3. The molecule has 3 aromatic heterocycles. The molecule has 0 saturated carbocycles. The van der Waals surface area contributed by atoms with E-state index in [9.17, 15) is 9.59 Å². The number of hydrogen-bond donors (Lipinski definition) is 1. The lowest BCUT2D eigenvalue weighted by molar-refractivity contribution is -0.132. The van der Waals surface area contributed by atoms with Crippen LogP contribution >= 0.6 is 0 Å². The lowest BCUT2D eigenvalue weighted by Crippen LogP contribution is -2.33. The Morgan fingerprint density at radius 1 is 1.31 bits per heavy atom. The van der Waals surface area contributed by atoms with E-state index < -0.39 is 0 Å². The lowest BCUT2D eigenvalue weighted by atomic mass is 10.1. The molecule has 1 atom stereocenters. The molecular weight excluding hydrogens is 368 g/mol. The second-order valence-corrected chi connectivity index (χ2v) is 7.40. The van der Waals surface area contributed by atoms with Gasteiger partial charge in [0, 0.05) is 49.2 Å². The molecule has 0 spiro atoms. The summed E-state index contributed by atoms with van der Waals surface area (Å²) in [6.07, 6.45) is 5.39. The van der Waals surface area contributed by atoms with Crippen LogP contribution in [0.2, 0.25) is 0 Å². The predicted molar refractivity (Wildman–Crippen MR) is 108 cm³/mol. The van der Waals surface area contributed by atoms with Gasteiger partial charge in [-0.05, 0) is 44.9 Å². The number of carbonyl (C=O) groups is 1. The van der Waals surface area contributed by atoms with Crippen molar-refractivity contribution in [3.8, 4) is 11.3 Å². The average molecular weight is 392 g/mol. The number of amides is 1. The SMILES string of the molecule is Cc1cc(C)n(CCC(=O)N2CCCC2c2nc(-c3cccnc3)cc(=O)[nH]2)n1. The van der Waals surface area contributed by atoms with E-state index in [-0.39, 0.29) is 17.5 Å². The minimum absolute atomic E-state index is 0.0504. The number of aromatic amines is 1. The Kier molecular flexibility index (Phi) is 5.24. The Hall–Kier alpha value is -3.29. The molecule has 4 rings (SSSR count). The van der Waals surface area contributed by atoms with Crippen molar-refractivity contribution < 1.29 is 4.79 Å². The van der Waals surface area contributed by atoms with Crippen LogP contribution in [0.4, 0.5) is 0 Å². The van der Waals surface area contributed by atoms with Crippen LogP contribution in [-0.4, -0.2) is 42.1 Å². The monoisotopic (exact) mass is 392 g/mol. The summed E-state index contributed by atoms with van der Waals surface area (Å²) >= 11 is 0. The van der Waals surface area contributed by atoms with E-state index in [0.717, 1.165) is 29.8 Å². The largest absolute Gasteiger partial charge is 0.332 e. The van der Waals surface area contributed by atoms with Gasteiger partial charge in [-0.1, -0.05) is 0 Å². The molecule has 0 aliphatic carbocycles. The number of nitrogens with zero attached hydrogens (tertiary/aromatic N) is 5. The summed E-state index contributed by atoms with van der Waals surface area (Å²) in [5.74, 6) is 0.586. The van der Waals surface area contributed by atoms with Crippen molar-refractivity contribution in [2.75, 3.05) is 6.54 Å². The zero-order valence-electron chi connectivity index (χ0n) is 16.6. The average Bonchev–Trinajstić information content (AvgIpc) is 3.32. The Labute approximate surface area is 168 Å². The van der Waals surface area contributed by atoms with E-state index in [1.54, 1.807) is 12.4 Å². The first kappa shape index (κ1) is 19.0. The molecular formula is C21H24N6O2. The van der Waals surface area contributed by atoms with Crippen molar-refractivity contribution in [3.05, 3.63) is 64.2 Å². The van der Waals surface area contributed by atoms with Crippen molar-refractivity contribution in [3.63, 3.8) is 0 Å². The van der Waals surface area contributed by atoms with Gasteiger partial charge in [0.05, 0.1) is 17.4 Å². The summed E-state index contributed by atoms with van der Waals surface area (Å²) in [5.41, 5.74) is 3.11. The first-order valence-corrected chi connectivity index (χ1v) is 9.83. The van der Waals surface area contributed by atoms with Crippen LogP contribution in [0.3, 0.4) is 0 Å². The molecule has 0 radical (unpaired) electrons. The summed E-state index contributed by atoms with van der Waals surface area (Å²) < 4.78 is 1.86. The number of aromatic nitrogens is 5. The number of carbonyl (C=O) groups excluding carboxylic acids is 1. The first-order valence-electron chi connectivity index (χ1n) is 9.83. The molecule has 0 aromatic carbocycles. The van der Waals surface area contributed by atoms with E-state index in [0.29, 0.717) is 31.0 Å². The van der Waals surface area contributed by atoms with Crippen LogP contribution in [-0.2, 0) is 11.3 Å². The standard InChI is InChI=1S/C21H24N6O2/c1-14-11-15(2)27(25-14)10-7-20(29)26-9-4-6-18(26)21-23-17(12-19(28)24-21)16-5-3-8-22-13-16/h3,5,8,11-13,18H,4,6-7,9-10H2,1-2H3,(H,23,24,28). The van der Waals surface area contributed by atoms with E-state index in [1.807, 2.05) is 41.6 Å². The molecule has 1 unspecified atom stereocenters. The number of nitrogens with one attached hydrogen (secondary N) is 1. The highest BCUT2D eigenvalue weighted by molar-refractivity contribution is 5.77. The fraction of sp³-hybridized carbons (Fsp3) is 0.381. The second kappa shape index (κ2) is 7.98. The fourth-order valence-electron chi connectivity index (χ4n) is 3.89. The van der Waals surface area contributed by atoms with E-state index >= 15 is 0 Å². The number of hydrogen-bond acceptors (Lipinski definition) is 5. The second-order valence-electron chi connectivity index (χ2n) is 7.40. The maximum absolute atomic E-state index is 12.9. The minimum atomic E-state index is -0.226. The number of pyridine rings is 1. The molecule has 1 N–H and O–H groups in total. The van der Waals surface area contributed by atoms with Gasteiger partial charge in [-0.2, -0.15) is 5.10 Å². The maximum Gasteiger partial charge on any atom is 0.251 e. The molecule has 4 heterocycles. The van der Waals surface area contributed by atoms with Gasteiger partial charge in [0.15, 0.2) is 0 Å². The van der Waals surface area contributed by atoms with Gasteiger partial charge < -0.3 is 9.88 Å². The molecule has 1 amide bonds. The molecule has 1 aliphatic rings. The Bertz CT molecular complexity index is 1070. The zero-order chi connectivity index (χ0) is 20.4. The highest BCUT2D eigenvalue weighted by Crippen LogP contribution is 2.31. The number of likely N-dealkylation sites (tertiary alicyclic amines) is 1. The van der Waals surface area contributed by atoms with E-state index in [4.69, 9.17) is 0 Å². The van der Waals surface area contributed by atoms with E-state index in [2.05, 4.69) is 20.1 Å². The van der Waals surface area contributed by atoms with Crippen molar-refractivity contribution >= 4 is 5.91 Å². The Balaban J connectivity index is 1.53. The van der Waals surface area contributed by atoms with Gasteiger partial charge in [0.1, 0.15) is 5.82 Å². The fourth-order valence-corrected chi connectivity index (χ4v) is 3.89. The van der Waals surface area contributed by atoms with Crippen LogP contribution in [0.5, 0.6) is 0 Å². The minimum Gasteiger partial charge on any atom is -0.332 e. The van der Waals surface area contributed by atoms with Gasteiger partial charge in [-0.25, -0.2) is 4.98 Å². The topological polar surface area (TPSA) is 96.8 Å².